The van der Waals surface area contributed by atoms with Crippen molar-refractivity contribution < 1.29 is 14.6 Å². The zero-order valence-corrected chi connectivity index (χ0v) is 9.78. The second-order valence-electron chi connectivity index (χ2n) is 3.81. The van der Waals surface area contributed by atoms with Crippen LogP contribution in [0.3, 0.4) is 0 Å². The first-order valence-corrected chi connectivity index (χ1v) is 5.09. The van der Waals surface area contributed by atoms with Gasteiger partial charge in [0.1, 0.15) is 5.75 Å². The predicted octanol–water partition coefficient (Wildman–Crippen LogP) is 1.44. The molecule has 0 amide bonds. The minimum atomic E-state index is -0.897. The van der Waals surface area contributed by atoms with Crippen molar-refractivity contribution in [3.05, 3.63) is 28.8 Å². The SMILES string of the molecule is COc1c(C)cc(C(CN)C(=O)O)cc1C. The first-order chi connectivity index (χ1) is 7.51. The molecular formula is C12H17NO3. The molecule has 0 aliphatic carbocycles. The molecule has 1 atom stereocenters. The Morgan fingerprint density at radius 2 is 1.94 bits per heavy atom. The van der Waals surface area contributed by atoms with E-state index in [2.05, 4.69) is 0 Å². The van der Waals surface area contributed by atoms with E-state index >= 15 is 0 Å². The Kier molecular flexibility index (Phi) is 3.90. The van der Waals surface area contributed by atoms with E-state index in [0.717, 1.165) is 22.4 Å². The maximum atomic E-state index is 11.0. The number of ether oxygens (including phenoxy) is 1. The second-order valence-corrected chi connectivity index (χ2v) is 3.81. The molecule has 4 nitrogen and oxygen atoms in total. The summed E-state index contributed by atoms with van der Waals surface area (Å²) in [5, 5.41) is 9.02. The van der Waals surface area contributed by atoms with Crippen LogP contribution in [-0.4, -0.2) is 24.7 Å². The summed E-state index contributed by atoms with van der Waals surface area (Å²) >= 11 is 0. The zero-order chi connectivity index (χ0) is 12.3. The molecule has 1 rings (SSSR count). The monoisotopic (exact) mass is 223 g/mol. The molecule has 0 fully saturated rings. The van der Waals surface area contributed by atoms with E-state index in [9.17, 15) is 4.79 Å². The van der Waals surface area contributed by atoms with Crippen molar-refractivity contribution in [1.29, 1.82) is 0 Å². The van der Waals surface area contributed by atoms with E-state index < -0.39 is 11.9 Å². The molecule has 16 heavy (non-hydrogen) atoms. The van der Waals surface area contributed by atoms with E-state index in [1.54, 1.807) is 7.11 Å². The van der Waals surface area contributed by atoms with E-state index in [0.29, 0.717) is 0 Å². The number of aliphatic carboxylic acids is 1. The molecule has 0 aromatic heterocycles. The van der Waals surface area contributed by atoms with E-state index in [4.69, 9.17) is 15.6 Å². The third-order valence-electron chi connectivity index (χ3n) is 2.62. The van der Waals surface area contributed by atoms with Crippen molar-refractivity contribution in [1.82, 2.24) is 0 Å². The summed E-state index contributed by atoms with van der Waals surface area (Å²) in [6, 6.07) is 3.63. The van der Waals surface area contributed by atoms with Gasteiger partial charge in [-0.2, -0.15) is 0 Å². The smallest absolute Gasteiger partial charge is 0.312 e. The van der Waals surface area contributed by atoms with Crippen molar-refractivity contribution in [2.45, 2.75) is 19.8 Å². The highest BCUT2D eigenvalue weighted by Crippen LogP contribution is 2.27. The topological polar surface area (TPSA) is 72.5 Å². The number of hydrogen-bond donors (Lipinski definition) is 2. The van der Waals surface area contributed by atoms with Gasteiger partial charge in [0.15, 0.2) is 0 Å². The van der Waals surface area contributed by atoms with Gasteiger partial charge in [0.25, 0.3) is 0 Å². The largest absolute Gasteiger partial charge is 0.496 e. The summed E-state index contributed by atoms with van der Waals surface area (Å²) in [5.41, 5.74) is 8.05. The Bertz CT molecular complexity index is 378. The van der Waals surface area contributed by atoms with Gasteiger partial charge < -0.3 is 15.6 Å². The third-order valence-corrected chi connectivity index (χ3v) is 2.62. The molecule has 3 N–H and O–H groups in total. The van der Waals surface area contributed by atoms with Gasteiger partial charge in [-0.05, 0) is 30.5 Å². The molecule has 1 aromatic carbocycles. The Balaban J connectivity index is 3.21. The van der Waals surface area contributed by atoms with Gasteiger partial charge in [0.05, 0.1) is 13.0 Å². The lowest BCUT2D eigenvalue weighted by atomic mass is 9.95. The van der Waals surface area contributed by atoms with Crippen LogP contribution in [0.1, 0.15) is 22.6 Å². The van der Waals surface area contributed by atoms with Crippen LogP contribution in [0.25, 0.3) is 0 Å². The molecule has 4 heteroatoms. The molecule has 88 valence electrons. The van der Waals surface area contributed by atoms with Crippen LogP contribution in [0.5, 0.6) is 5.75 Å². The highest BCUT2D eigenvalue weighted by atomic mass is 16.5. The first-order valence-electron chi connectivity index (χ1n) is 5.09. The number of aryl methyl sites for hydroxylation is 2. The van der Waals surface area contributed by atoms with Crippen molar-refractivity contribution in [3.63, 3.8) is 0 Å². The molecule has 1 aromatic rings. The number of nitrogens with two attached hydrogens (primary N) is 1. The summed E-state index contributed by atoms with van der Waals surface area (Å²) < 4.78 is 5.23. The van der Waals surface area contributed by atoms with Crippen molar-refractivity contribution in [3.8, 4) is 5.75 Å². The Morgan fingerprint density at radius 3 is 2.25 bits per heavy atom. The molecule has 0 bridgehead atoms. The summed E-state index contributed by atoms with van der Waals surface area (Å²) in [5.74, 6) is -0.750. The number of carbonyl (C=O) groups is 1. The fourth-order valence-electron chi connectivity index (χ4n) is 1.89. The summed E-state index contributed by atoms with van der Waals surface area (Å²) in [6.45, 7) is 3.88. The second kappa shape index (κ2) is 4.99. The maximum absolute atomic E-state index is 11.0. The Labute approximate surface area is 95.0 Å². The Hall–Kier alpha value is -1.55. The fraction of sp³-hybridized carbons (Fsp3) is 0.417. The van der Waals surface area contributed by atoms with Gasteiger partial charge in [-0.25, -0.2) is 0 Å². The van der Waals surface area contributed by atoms with Crippen LogP contribution in [-0.2, 0) is 4.79 Å². The molecule has 0 aliphatic rings. The Morgan fingerprint density at radius 1 is 1.44 bits per heavy atom. The lowest BCUT2D eigenvalue weighted by Crippen LogP contribution is -2.21. The maximum Gasteiger partial charge on any atom is 0.312 e. The van der Waals surface area contributed by atoms with Crippen molar-refractivity contribution in [2.24, 2.45) is 5.73 Å². The lowest BCUT2D eigenvalue weighted by molar-refractivity contribution is -0.138. The highest BCUT2D eigenvalue weighted by Gasteiger charge is 2.19. The number of rotatable bonds is 4. The molecule has 0 radical (unpaired) electrons. The van der Waals surface area contributed by atoms with Crippen molar-refractivity contribution in [2.75, 3.05) is 13.7 Å². The van der Waals surface area contributed by atoms with Crippen LogP contribution in [0.15, 0.2) is 12.1 Å². The number of carboxylic acid groups (broad SMARTS) is 1. The van der Waals surface area contributed by atoms with Gasteiger partial charge in [-0.3, -0.25) is 4.79 Å². The van der Waals surface area contributed by atoms with Crippen LogP contribution in [0.4, 0.5) is 0 Å². The summed E-state index contributed by atoms with van der Waals surface area (Å²) in [4.78, 5) is 11.0. The van der Waals surface area contributed by atoms with Crippen LogP contribution >= 0.6 is 0 Å². The molecule has 1 unspecified atom stereocenters. The average Bonchev–Trinajstić information content (AvgIpc) is 2.17. The predicted molar refractivity (Wildman–Crippen MR) is 61.9 cm³/mol. The third kappa shape index (κ3) is 2.33. The molecule has 0 saturated heterocycles. The quantitative estimate of drug-likeness (QED) is 0.810. The molecule has 0 saturated carbocycles. The lowest BCUT2D eigenvalue weighted by Gasteiger charge is -2.15. The number of methoxy groups -OCH3 is 1. The molecule has 0 spiro atoms. The van der Waals surface area contributed by atoms with Crippen LogP contribution in [0, 0.1) is 13.8 Å². The first kappa shape index (κ1) is 12.5. The van der Waals surface area contributed by atoms with Gasteiger partial charge >= 0.3 is 5.97 Å². The van der Waals surface area contributed by atoms with E-state index in [1.807, 2.05) is 26.0 Å². The van der Waals surface area contributed by atoms with E-state index in [1.165, 1.54) is 0 Å². The molecular weight excluding hydrogens is 206 g/mol. The molecule has 0 aliphatic heterocycles. The van der Waals surface area contributed by atoms with E-state index in [-0.39, 0.29) is 6.54 Å². The molecule has 0 heterocycles. The standard InChI is InChI=1S/C12H17NO3/c1-7-4-9(10(6-13)12(14)15)5-8(2)11(7)16-3/h4-5,10H,6,13H2,1-3H3,(H,14,15). The van der Waals surface area contributed by atoms with Crippen LogP contribution in [0.2, 0.25) is 0 Å². The minimum absolute atomic E-state index is 0.0978. The summed E-state index contributed by atoms with van der Waals surface area (Å²) in [6.07, 6.45) is 0. The highest BCUT2D eigenvalue weighted by molar-refractivity contribution is 5.76. The number of hydrogen-bond acceptors (Lipinski definition) is 3. The van der Waals surface area contributed by atoms with Gasteiger partial charge in [0.2, 0.25) is 0 Å². The fourth-order valence-corrected chi connectivity index (χ4v) is 1.89. The van der Waals surface area contributed by atoms with Crippen LogP contribution < -0.4 is 10.5 Å². The van der Waals surface area contributed by atoms with Gasteiger partial charge in [0, 0.05) is 6.54 Å². The van der Waals surface area contributed by atoms with Gasteiger partial charge in [-0.15, -0.1) is 0 Å². The number of benzene rings is 1. The van der Waals surface area contributed by atoms with Gasteiger partial charge in [-0.1, -0.05) is 12.1 Å². The zero-order valence-electron chi connectivity index (χ0n) is 9.78. The normalized spacial score (nSPS) is 12.2. The van der Waals surface area contributed by atoms with Crippen molar-refractivity contribution >= 4 is 5.97 Å². The number of carboxylic acids is 1. The summed E-state index contributed by atoms with van der Waals surface area (Å²) in [7, 11) is 1.60. The average molecular weight is 223 g/mol. The minimum Gasteiger partial charge on any atom is -0.496 e.